The number of methoxy groups -OCH3 is 1. The number of carbonyl (C=O) groups is 1. The van der Waals surface area contributed by atoms with E-state index in [2.05, 4.69) is 14.7 Å². The van der Waals surface area contributed by atoms with E-state index >= 15 is 0 Å². The fourth-order valence-corrected chi connectivity index (χ4v) is 2.16. The van der Waals surface area contributed by atoms with Gasteiger partial charge < -0.3 is 4.74 Å². The Morgan fingerprint density at radius 1 is 1.10 bits per heavy atom. The van der Waals surface area contributed by atoms with Crippen LogP contribution < -0.4 is 0 Å². The predicted octanol–water partition coefficient (Wildman–Crippen LogP) is 4.32. The molecule has 0 radical (unpaired) electrons. The van der Waals surface area contributed by atoms with Gasteiger partial charge >= 0.3 is 5.97 Å². The molecule has 0 saturated carbocycles. The normalized spacial score (nSPS) is 11.3. The van der Waals surface area contributed by atoms with Crippen molar-refractivity contribution in [1.82, 2.24) is 4.98 Å². The molecule has 108 valence electrons. The largest absolute Gasteiger partial charge is 0.464 e. The van der Waals surface area contributed by atoms with Crippen LogP contribution in [0, 0.1) is 0 Å². The van der Waals surface area contributed by atoms with E-state index < -0.39 is 5.97 Å². The van der Waals surface area contributed by atoms with Gasteiger partial charge in [0.1, 0.15) is 11.4 Å². The lowest BCUT2D eigenvalue weighted by atomic mass is 10.2. The van der Waals surface area contributed by atoms with Crippen molar-refractivity contribution < 1.29 is 9.53 Å². The zero-order valence-corrected chi connectivity index (χ0v) is 12.9. The molecule has 2 aromatic rings. The van der Waals surface area contributed by atoms with Crippen LogP contribution in [-0.4, -0.2) is 23.8 Å². The fraction of sp³-hybridized carbons (Fsp3) is 0.133. The Morgan fingerprint density at radius 2 is 1.67 bits per heavy atom. The number of hydrogen-bond donors (Lipinski definition) is 0. The number of hydrogen-bond acceptors (Lipinski definition) is 4. The second-order valence-electron chi connectivity index (χ2n) is 4.17. The average Bonchev–Trinajstić information content (AvgIpc) is 2.50. The zero-order chi connectivity index (χ0) is 15.4. The highest BCUT2D eigenvalue weighted by Gasteiger charge is 2.10. The Bertz CT molecular complexity index is 694. The molecule has 0 aliphatic rings. The van der Waals surface area contributed by atoms with Gasteiger partial charge in [0.25, 0.3) is 0 Å². The second-order valence-corrected chi connectivity index (χ2v) is 4.98. The maximum atomic E-state index is 11.5. The van der Waals surface area contributed by atoms with Gasteiger partial charge in [-0.1, -0.05) is 35.3 Å². The summed E-state index contributed by atoms with van der Waals surface area (Å²) in [5.41, 5.74) is 1.84. The lowest BCUT2D eigenvalue weighted by Gasteiger charge is -2.05. The number of halogens is 2. The standard InChI is InChI=1S/C15H12Cl2N2O2/c1-9(18-14-10(16)5-3-6-11(14)17)12-7-4-8-13(19-12)15(20)21-2/h3-8H,1-2H3. The first kappa shape index (κ1) is 15.5. The molecular formula is C15H12Cl2N2O2. The Balaban J connectivity index is 2.42. The predicted molar refractivity (Wildman–Crippen MR) is 83.9 cm³/mol. The summed E-state index contributed by atoms with van der Waals surface area (Å²) in [6.45, 7) is 1.77. The van der Waals surface area contributed by atoms with Crippen LogP contribution in [0.5, 0.6) is 0 Å². The van der Waals surface area contributed by atoms with Crippen LogP contribution in [-0.2, 0) is 4.74 Å². The number of esters is 1. The van der Waals surface area contributed by atoms with Gasteiger partial charge in [0, 0.05) is 0 Å². The van der Waals surface area contributed by atoms with Crippen molar-refractivity contribution in [2.24, 2.45) is 4.99 Å². The highest BCUT2D eigenvalue weighted by atomic mass is 35.5. The third kappa shape index (κ3) is 3.60. The van der Waals surface area contributed by atoms with Crippen LogP contribution in [0.25, 0.3) is 0 Å². The van der Waals surface area contributed by atoms with Crippen molar-refractivity contribution in [3.05, 3.63) is 57.8 Å². The molecule has 21 heavy (non-hydrogen) atoms. The van der Waals surface area contributed by atoms with Gasteiger partial charge in [-0.05, 0) is 31.2 Å². The monoisotopic (exact) mass is 322 g/mol. The zero-order valence-electron chi connectivity index (χ0n) is 11.4. The first-order valence-corrected chi connectivity index (χ1v) is 6.83. The Kier molecular flexibility index (Phi) is 4.94. The molecule has 6 heteroatoms. The summed E-state index contributed by atoms with van der Waals surface area (Å²) in [6, 6.07) is 10.2. The van der Waals surface area contributed by atoms with Crippen LogP contribution in [0.2, 0.25) is 10.0 Å². The second kappa shape index (κ2) is 6.70. The minimum Gasteiger partial charge on any atom is -0.464 e. The summed E-state index contributed by atoms with van der Waals surface area (Å²) in [7, 11) is 1.31. The number of nitrogens with zero attached hydrogens (tertiary/aromatic N) is 2. The molecule has 0 amide bonds. The Labute approximate surface area is 132 Å². The average molecular weight is 323 g/mol. The number of ether oxygens (including phenoxy) is 1. The van der Waals surface area contributed by atoms with Gasteiger partial charge in [0.2, 0.25) is 0 Å². The van der Waals surface area contributed by atoms with Crippen LogP contribution in [0.1, 0.15) is 23.1 Å². The molecule has 0 saturated heterocycles. The highest BCUT2D eigenvalue weighted by Crippen LogP contribution is 2.33. The van der Waals surface area contributed by atoms with E-state index in [4.69, 9.17) is 23.2 Å². The van der Waals surface area contributed by atoms with E-state index in [1.165, 1.54) is 7.11 Å². The number of aromatic nitrogens is 1. The molecule has 0 aliphatic carbocycles. The number of rotatable bonds is 3. The van der Waals surface area contributed by atoms with E-state index in [1.807, 2.05) is 0 Å². The first-order chi connectivity index (χ1) is 10.0. The molecule has 1 aromatic heterocycles. The van der Waals surface area contributed by atoms with Gasteiger partial charge in [-0.3, -0.25) is 0 Å². The Morgan fingerprint density at radius 3 is 2.29 bits per heavy atom. The topological polar surface area (TPSA) is 51.5 Å². The van der Waals surface area contributed by atoms with Gasteiger partial charge in [0.05, 0.1) is 28.6 Å². The van der Waals surface area contributed by atoms with Gasteiger partial charge in [-0.25, -0.2) is 14.8 Å². The van der Waals surface area contributed by atoms with Gasteiger partial charge in [-0.2, -0.15) is 0 Å². The minimum atomic E-state index is -0.500. The summed E-state index contributed by atoms with van der Waals surface area (Å²) in [6.07, 6.45) is 0. The maximum absolute atomic E-state index is 11.5. The van der Waals surface area contributed by atoms with E-state index in [9.17, 15) is 4.79 Å². The number of para-hydroxylation sites is 1. The fourth-order valence-electron chi connectivity index (χ4n) is 1.68. The molecule has 0 fully saturated rings. The summed E-state index contributed by atoms with van der Waals surface area (Å²) in [5, 5.41) is 0.900. The summed E-state index contributed by atoms with van der Waals surface area (Å²) in [4.78, 5) is 20.1. The number of pyridine rings is 1. The van der Waals surface area contributed by atoms with Crippen LogP contribution in [0.15, 0.2) is 41.4 Å². The summed E-state index contributed by atoms with van der Waals surface area (Å²) < 4.78 is 4.64. The molecular weight excluding hydrogens is 311 g/mol. The molecule has 4 nitrogen and oxygen atoms in total. The highest BCUT2D eigenvalue weighted by molar-refractivity contribution is 6.39. The minimum absolute atomic E-state index is 0.217. The van der Waals surface area contributed by atoms with Crippen LogP contribution in [0.3, 0.4) is 0 Å². The molecule has 0 aliphatic heterocycles. The maximum Gasteiger partial charge on any atom is 0.356 e. The third-order valence-electron chi connectivity index (χ3n) is 2.73. The van der Waals surface area contributed by atoms with Crippen molar-refractivity contribution >= 4 is 40.6 Å². The molecule has 0 N–H and O–H groups in total. The van der Waals surface area contributed by atoms with Crippen molar-refractivity contribution in [1.29, 1.82) is 0 Å². The summed E-state index contributed by atoms with van der Waals surface area (Å²) >= 11 is 12.2. The third-order valence-corrected chi connectivity index (χ3v) is 3.34. The van der Waals surface area contributed by atoms with E-state index in [-0.39, 0.29) is 5.69 Å². The van der Waals surface area contributed by atoms with E-state index in [0.717, 1.165) is 0 Å². The molecule has 0 atom stereocenters. The SMILES string of the molecule is COC(=O)c1cccc(C(C)=Nc2c(Cl)cccc2Cl)n1. The number of aliphatic imine (C=N–C) groups is 1. The van der Waals surface area contributed by atoms with Crippen LogP contribution in [0.4, 0.5) is 5.69 Å². The number of carbonyl (C=O) groups excluding carboxylic acids is 1. The molecule has 1 aromatic carbocycles. The van der Waals surface area contributed by atoms with Crippen molar-refractivity contribution in [3.63, 3.8) is 0 Å². The Hall–Kier alpha value is -1.91. The van der Waals surface area contributed by atoms with E-state index in [0.29, 0.717) is 27.1 Å². The summed E-state index contributed by atoms with van der Waals surface area (Å²) in [5.74, 6) is -0.500. The quantitative estimate of drug-likeness (QED) is 0.624. The first-order valence-electron chi connectivity index (χ1n) is 6.08. The molecule has 0 bridgehead atoms. The lowest BCUT2D eigenvalue weighted by Crippen LogP contribution is -2.08. The van der Waals surface area contributed by atoms with Crippen molar-refractivity contribution in [3.8, 4) is 0 Å². The van der Waals surface area contributed by atoms with Gasteiger partial charge in [0.15, 0.2) is 0 Å². The van der Waals surface area contributed by atoms with Gasteiger partial charge in [-0.15, -0.1) is 0 Å². The molecule has 1 heterocycles. The lowest BCUT2D eigenvalue weighted by molar-refractivity contribution is 0.0594. The molecule has 2 rings (SSSR count). The molecule has 0 unspecified atom stereocenters. The van der Waals surface area contributed by atoms with Crippen LogP contribution >= 0.6 is 23.2 Å². The van der Waals surface area contributed by atoms with E-state index in [1.54, 1.807) is 43.3 Å². The van der Waals surface area contributed by atoms with Crippen molar-refractivity contribution in [2.75, 3.05) is 7.11 Å². The molecule has 0 spiro atoms. The van der Waals surface area contributed by atoms with Crippen molar-refractivity contribution in [2.45, 2.75) is 6.92 Å². The number of benzene rings is 1. The smallest absolute Gasteiger partial charge is 0.356 e.